The first-order chi connectivity index (χ1) is 10.2. The summed E-state index contributed by atoms with van der Waals surface area (Å²) in [6.07, 6.45) is -0.864. The quantitative estimate of drug-likeness (QED) is 0.238. The van der Waals surface area contributed by atoms with E-state index >= 15 is 0 Å². The molecule has 2 unspecified atom stereocenters. The third-order valence-electron chi connectivity index (χ3n) is 2.61. The minimum atomic E-state index is -1.14. The third-order valence-corrected chi connectivity index (χ3v) is 2.61. The average Bonchev–Trinajstić information content (AvgIpc) is 2.40. The van der Waals surface area contributed by atoms with Crippen LogP contribution in [0.4, 0.5) is 9.59 Å². The highest BCUT2D eigenvalue weighted by molar-refractivity contribution is 5.87. The standard InChI is InChI=1S/C12H22N4O6/c1-7(9(17)21-11(13)19)15-5-3-4-6-16-8(2)10(18)22-12(14)20/h7-8,15-16H,3-6H2,1-2H3,(H2,13,19)(H2,14,20). The molecule has 0 aliphatic carbocycles. The van der Waals surface area contributed by atoms with Crippen molar-refractivity contribution in [3.63, 3.8) is 0 Å². The Morgan fingerprint density at radius 2 is 1.14 bits per heavy atom. The van der Waals surface area contributed by atoms with Crippen LogP contribution >= 0.6 is 0 Å². The van der Waals surface area contributed by atoms with Gasteiger partial charge in [0.15, 0.2) is 0 Å². The molecule has 0 aliphatic heterocycles. The van der Waals surface area contributed by atoms with Gasteiger partial charge in [-0.15, -0.1) is 0 Å². The minimum Gasteiger partial charge on any atom is -0.375 e. The maximum absolute atomic E-state index is 11.2. The Balaban J connectivity index is 3.69. The molecule has 10 heteroatoms. The summed E-state index contributed by atoms with van der Waals surface area (Å²) in [5.41, 5.74) is 9.45. The van der Waals surface area contributed by atoms with Crippen molar-refractivity contribution in [1.82, 2.24) is 10.6 Å². The molecule has 6 N–H and O–H groups in total. The molecule has 0 spiro atoms. The number of esters is 2. The van der Waals surface area contributed by atoms with Crippen molar-refractivity contribution in [2.24, 2.45) is 11.5 Å². The number of rotatable bonds is 9. The predicted molar refractivity (Wildman–Crippen MR) is 75.5 cm³/mol. The Labute approximate surface area is 127 Å². The van der Waals surface area contributed by atoms with Crippen LogP contribution in [0.5, 0.6) is 0 Å². The number of hydrogen-bond acceptors (Lipinski definition) is 8. The van der Waals surface area contributed by atoms with Gasteiger partial charge in [-0.3, -0.25) is 0 Å². The molecule has 0 aliphatic rings. The Kier molecular flexibility index (Phi) is 9.46. The van der Waals surface area contributed by atoms with Gasteiger partial charge in [-0.2, -0.15) is 0 Å². The number of carbonyl (C=O) groups is 4. The molecule has 0 saturated heterocycles. The fourth-order valence-electron chi connectivity index (χ4n) is 1.43. The van der Waals surface area contributed by atoms with Crippen LogP contribution in [0.3, 0.4) is 0 Å². The van der Waals surface area contributed by atoms with Crippen molar-refractivity contribution in [3.8, 4) is 0 Å². The van der Waals surface area contributed by atoms with Crippen LogP contribution in [0.25, 0.3) is 0 Å². The highest BCUT2D eigenvalue weighted by Gasteiger charge is 2.16. The SMILES string of the molecule is CC(NCCCCNC(C)C(=O)OC(N)=O)C(=O)OC(N)=O. The van der Waals surface area contributed by atoms with E-state index in [9.17, 15) is 19.2 Å². The fourth-order valence-corrected chi connectivity index (χ4v) is 1.43. The maximum Gasteiger partial charge on any atom is 0.412 e. The molecule has 0 fully saturated rings. The predicted octanol–water partition coefficient (Wildman–Crippen LogP) is -1.03. The number of unbranched alkanes of at least 4 members (excludes halogenated alkanes) is 1. The van der Waals surface area contributed by atoms with Gasteiger partial charge in [0.2, 0.25) is 0 Å². The van der Waals surface area contributed by atoms with Crippen molar-refractivity contribution in [2.45, 2.75) is 38.8 Å². The third kappa shape index (κ3) is 9.66. The smallest absolute Gasteiger partial charge is 0.375 e. The van der Waals surface area contributed by atoms with Gasteiger partial charge in [-0.05, 0) is 39.8 Å². The summed E-state index contributed by atoms with van der Waals surface area (Å²) < 4.78 is 8.43. The van der Waals surface area contributed by atoms with Gasteiger partial charge in [0.1, 0.15) is 12.1 Å². The molecular formula is C12H22N4O6. The van der Waals surface area contributed by atoms with E-state index in [2.05, 4.69) is 20.1 Å². The minimum absolute atomic E-state index is 0.511. The number of amides is 2. The molecule has 0 aromatic heterocycles. The zero-order chi connectivity index (χ0) is 17.1. The highest BCUT2D eigenvalue weighted by atomic mass is 16.6. The molecule has 2 atom stereocenters. The number of hydrogen-bond donors (Lipinski definition) is 4. The van der Waals surface area contributed by atoms with E-state index in [1.54, 1.807) is 13.8 Å². The van der Waals surface area contributed by atoms with Crippen molar-refractivity contribution in [2.75, 3.05) is 13.1 Å². The summed E-state index contributed by atoms with van der Waals surface area (Å²) >= 11 is 0. The Bertz CT molecular complexity index is 376. The lowest BCUT2D eigenvalue weighted by Gasteiger charge is -2.13. The lowest BCUT2D eigenvalue weighted by atomic mass is 10.2. The second-order valence-electron chi connectivity index (χ2n) is 4.54. The van der Waals surface area contributed by atoms with Gasteiger partial charge in [0.05, 0.1) is 0 Å². The number of nitrogens with one attached hydrogen (secondary N) is 2. The van der Waals surface area contributed by atoms with Crippen LogP contribution in [-0.4, -0.2) is 49.3 Å². The van der Waals surface area contributed by atoms with Gasteiger partial charge in [0, 0.05) is 0 Å². The first-order valence-corrected chi connectivity index (χ1v) is 6.73. The lowest BCUT2D eigenvalue weighted by Crippen LogP contribution is -2.39. The van der Waals surface area contributed by atoms with Gasteiger partial charge in [0.25, 0.3) is 0 Å². The molecule has 0 radical (unpaired) electrons. The summed E-state index contributed by atoms with van der Waals surface area (Å²) in [5, 5.41) is 5.72. The van der Waals surface area contributed by atoms with Gasteiger partial charge in [-0.25, -0.2) is 19.2 Å². The number of nitrogens with two attached hydrogens (primary N) is 2. The van der Waals surface area contributed by atoms with E-state index in [1.165, 1.54) is 0 Å². The van der Waals surface area contributed by atoms with Crippen molar-refractivity contribution in [3.05, 3.63) is 0 Å². The van der Waals surface area contributed by atoms with E-state index in [4.69, 9.17) is 11.5 Å². The first-order valence-electron chi connectivity index (χ1n) is 6.73. The Morgan fingerprint density at radius 3 is 1.41 bits per heavy atom. The van der Waals surface area contributed by atoms with Crippen LogP contribution in [-0.2, 0) is 19.1 Å². The van der Waals surface area contributed by atoms with Crippen LogP contribution in [0.15, 0.2) is 0 Å². The first kappa shape index (κ1) is 19.8. The normalized spacial score (nSPS) is 13.0. The topological polar surface area (TPSA) is 163 Å². The molecular weight excluding hydrogens is 296 g/mol. The van der Waals surface area contributed by atoms with E-state index in [1.807, 2.05) is 0 Å². The fraction of sp³-hybridized carbons (Fsp3) is 0.667. The van der Waals surface area contributed by atoms with Gasteiger partial charge in [-0.1, -0.05) is 0 Å². The Hall–Kier alpha value is -2.20. The molecule has 10 nitrogen and oxygen atoms in total. The summed E-state index contributed by atoms with van der Waals surface area (Å²) in [4.78, 5) is 43.3. The second-order valence-corrected chi connectivity index (χ2v) is 4.54. The number of primary amides is 2. The summed E-state index contributed by atoms with van der Waals surface area (Å²) in [7, 11) is 0. The van der Waals surface area contributed by atoms with Crippen molar-refractivity contribution in [1.29, 1.82) is 0 Å². The van der Waals surface area contributed by atoms with Gasteiger partial charge >= 0.3 is 24.1 Å². The molecule has 126 valence electrons. The van der Waals surface area contributed by atoms with E-state index in [0.29, 0.717) is 25.9 Å². The van der Waals surface area contributed by atoms with Crippen molar-refractivity contribution < 1.29 is 28.7 Å². The summed E-state index contributed by atoms with van der Waals surface area (Å²) in [6.45, 7) is 4.12. The molecule has 0 aromatic rings. The van der Waals surface area contributed by atoms with Gasteiger partial charge < -0.3 is 31.6 Å². The number of ether oxygens (including phenoxy) is 2. The molecule has 22 heavy (non-hydrogen) atoms. The van der Waals surface area contributed by atoms with Crippen LogP contribution in [0, 0.1) is 0 Å². The maximum atomic E-state index is 11.2. The second kappa shape index (κ2) is 10.5. The molecule has 0 bridgehead atoms. The van der Waals surface area contributed by atoms with E-state index in [-0.39, 0.29) is 0 Å². The molecule has 0 aromatic carbocycles. The summed E-state index contributed by atoms with van der Waals surface area (Å²) in [6, 6.07) is -1.30. The monoisotopic (exact) mass is 318 g/mol. The zero-order valence-electron chi connectivity index (χ0n) is 12.6. The molecule has 0 rings (SSSR count). The lowest BCUT2D eigenvalue weighted by molar-refractivity contribution is -0.140. The molecule has 0 saturated carbocycles. The van der Waals surface area contributed by atoms with Crippen LogP contribution < -0.4 is 22.1 Å². The summed E-state index contributed by atoms with van der Waals surface area (Å²) in [5.74, 6) is -1.48. The molecule has 0 heterocycles. The van der Waals surface area contributed by atoms with Crippen LogP contribution in [0.2, 0.25) is 0 Å². The number of carbonyl (C=O) groups excluding carboxylic acids is 4. The highest BCUT2D eigenvalue weighted by Crippen LogP contribution is 1.93. The molecule has 2 amide bonds. The van der Waals surface area contributed by atoms with Crippen molar-refractivity contribution >= 4 is 24.1 Å². The largest absolute Gasteiger partial charge is 0.412 e. The van der Waals surface area contributed by atoms with Crippen LogP contribution in [0.1, 0.15) is 26.7 Å². The Morgan fingerprint density at radius 1 is 0.818 bits per heavy atom. The van der Waals surface area contributed by atoms with E-state index in [0.717, 1.165) is 0 Å². The zero-order valence-corrected chi connectivity index (χ0v) is 12.6. The van der Waals surface area contributed by atoms with E-state index < -0.39 is 36.2 Å². The average molecular weight is 318 g/mol.